The normalized spacial score (nSPS) is 14.1. The molecular weight excluding hydrogens is 300 g/mol. The molecule has 0 N–H and O–H groups in total. The molecule has 0 saturated carbocycles. The van der Waals surface area contributed by atoms with E-state index in [9.17, 15) is 4.79 Å². The molecule has 0 bridgehead atoms. The first kappa shape index (κ1) is 14.8. The fourth-order valence-corrected chi connectivity index (χ4v) is 3.03. The van der Waals surface area contributed by atoms with Crippen LogP contribution >= 0.6 is 11.3 Å². The summed E-state index contributed by atoms with van der Waals surface area (Å²) in [5, 5.41) is 1.94. The van der Waals surface area contributed by atoms with Gasteiger partial charge in [-0.2, -0.15) is 0 Å². The monoisotopic (exact) mass is 318 g/mol. The molecule has 2 heterocycles. The first-order chi connectivity index (χ1) is 10.8. The lowest BCUT2D eigenvalue weighted by Crippen LogP contribution is -2.27. The summed E-state index contributed by atoms with van der Waals surface area (Å²) in [6.45, 7) is 2.06. The molecule has 5 nitrogen and oxygen atoms in total. The maximum absolute atomic E-state index is 12.4. The molecule has 1 aliphatic rings. The number of hydrogen-bond donors (Lipinski definition) is 0. The zero-order chi connectivity index (χ0) is 15.4. The minimum absolute atomic E-state index is 0.0573. The van der Waals surface area contributed by atoms with Crippen LogP contribution in [0.4, 0.5) is 0 Å². The zero-order valence-corrected chi connectivity index (χ0v) is 13.3. The van der Waals surface area contributed by atoms with E-state index in [1.54, 1.807) is 30.8 Å². The summed E-state index contributed by atoms with van der Waals surface area (Å²) in [6, 6.07) is 5.32. The van der Waals surface area contributed by atoms with Crippen LogP contribution in [0.3, 0.4) is 0 Å². The molecule has 0 spiro atoms. The first-order valence-electron chi connectivity index (χ1n) is 7.25. The second kappa shape index (κ2) is 6.79. The van der Waals surface area contributed by atoms with E-state index in [1.807, 2.05) is 10.3 Å². The molecule has 2 aromatic rings. The minimum Gasteiger partial charge on any atom is -0.493 e. The highest BCUT2D eigenvalue weighted by Crippen LogP contribution is 2.29. The van der Waals surface area contributed by atoms with Gasteiger partial charge in [-0.25, -0.2) is 4.98 Å². The standard InChI is InChI=1S/C16H18N2O3S/c1-20-15-8-12(16(19)18-6-2-3-7-18)4-5-14(15)21-9-13-10-22-11-17-13/h4-5,8,10-11H,2-3,6-7,9H2,1H3. The van der Waals surface area contributed by atoms with Crippen molar-refractivity contribution in [1.82, 2.24) is 9.88 Å². The SMILES string of the molecule is COc1cc(C(=O)N2CCCC2)ccc1OCc1cscn1. The second-order valence-corrected chi connectivity index (χ2v) is 5.85. The van der Waals surface area contributed by atoms with Crippen molar-refractivity contribution in [2.45, 2.75) is 19.4 Å². The molecular formula is C16H18N2O3S. The van der Waals surface area contributed by atoms with Gasteiger partial charge in [0.15, 0.2) is 11.5 Å². The van der Waals surface area contributed by atoms with Crippen LogP contribution in [0.1, 0.15) is 28.9 Å². The van der Waals surface area contributed by atoms with Gasteiger partial charge in [0.05, 0.1) is 18.3 Å². The zero-order valence-electron chi connectivity index (χ0n) is 12.4. The number of amides is 1. The largest absolute Gasteiger partial charge is 0.493 e. The van der Waals surface area contributed by atoms with E-state index < -0.39 is 0 Å². The van der Waals surface area contributed by atoms with Crippen molar-refractivity contribution >= 4 is 17.2 Å². The average Bonchev–Trinajstić information content (AvgIpc) is 3.25. The lowest BCUT2D eigenvalue weighted by Gasteiger charge is -2.16. The van der Waals surface area contributed by atoms with E-state index in [2.05, 4.69) is 4.98 Å². The lowest BCUT2D eigenvalue weighted by molar-refractivity contribution is 0.0792. The highest BCUT2D eigenvalue weighted by molar-refractivity contribution is 7.07. The second-order valence-electron chi connectivity index (χ2n) is 5.13. The van der Waals surface area contributed by atoms with Crippen molar-refractivity contribution in [2.75, 3.05) is 20.2 Å². The van der Waals surface area contributed by atoms with Crippen molar-refractivity contribution in [3.05, 3.63) is 40.3 Å². The maximum Gasteiger partial charge on any atom is 0.253 e. The van der Waals surface area contributed by atoms with Gasteiger partial charge < -0.3 is 14.4 Å². The number of methoxy groups -OCH3 is 1. The molecule has 22 heavy (non-hydrogen) atoms. The number of thiazole rings is 1. The summed E-state index contributed by atoms with van der Waals surface area (Å²) < 4.78 is 11.1. The molecule has 1 aromatic carbocycles. The molecule has 0 aliphatic carbocycles. The Morgan fingerprint density at radius 3 is 2.82 bits per heavy atom. The number of carbonyl (C=O) groups is 1. The van der Waals surface area contributed by atoms with Crippen molar-refractivity contribution in [1.29, 1.82) is 0 Å². The molecule has 1 saturated heterocycles. The van der Waals surface area contributed by atoms with Crippen LogP contribution in [0.2, 0.25) is 0 Å². The van der Waals surface area contributed by atoms with Crippen molar-refractivity contribution in [3.8, 4) is 11.5 Å². The Kier molecular flexibility index (Phi) is 4.58. The summed E-state index contributed by atoms with van der Waals surface area (Å²) >= 11 is 1.53. The number of rotatable bonds is 5. The van der Waals surface area contributed by atoms with E-state index >= 15 is 0 Å². The van der Waals surface area contributed by atoms with Gasteiger partial charge in [0.25, 0.3) is 5.91 Å². The predicted octanol–water partition coefficient (Wildman–Crippen LogP) is 2.97. The Morgan fingerprint density at radius 2 is 2.14 bits per heavy atom. The minimum atomic E-state index is 0.0573. The number of hydrogen-bond acceptors (Lipinski definition) is 5. The van der Waals surface area contributed by atoms with Gasteiger partial charge in [0.1, 0.15) is 6.61 Å². The average molecular weight is 318 g/mol. The highest BCUT2D eigenvalue weighted by atomic mass is 32.1. The van der Waals surface area contributed by atoms with Crippen LogP contribution < -0.4 is 9.47 Å². The first-order valence-corrected chi connectivity index (χ1v) is 8.19. The molecule has 1 aromatic heterocycles. The predicted molar refractivity (Wildman–Crippen MR) is 84.6 cm³/mol. The Morgan fingerprint density at radius 1 is 1.32 bits per heavy atom. The third-order valence-electron chi connectivity index (χ3n) is 3.66. The number of ether oxygens (including phenoxy) is 2. The smallest absolute Gasteiger partial charge is 0.253 e. The van der Waals surface area contributed by atoms with Gasteiger partial charge in [-0.3, -0.25) is 4.79 Å². The molecule has 0 radical (unpaired) electrons. The quantitative estimate of drug-likeness (QED) is 0.850. The molecule has 1 fully saturated rings. The van der Waals surface area contributed by atoms with Crippen LogP contribution in [0, 0.1) is 0 Å². The number of carbonyl (C=O) groups excluding carboxylic acids is 1. The van der Waals surface area contributed by atoms with E-state index in [1.165, 1.54) is 11.3 Å². The molecule has 1 aliphatic heterocycles. The molecule has 0 atom stereocenters. The van der Waals surface area contributed by atoms with E-state index in [0.717, 1.165) is 31.6 Å². The molecule has 116 valence electrons. The number of benzene rings is 1. The van der Waals surface area contributed by atoms with Gasteiger partial charge in [-0.05, 0) is 31.0 Å². The number of likely N-dealkylation sites (tertiary alicyclic amines) is 1. The molecule has 0 unspecified atom stereocenters. The van der Waals surface area contributed by atoms with Crippen molar-refractivity contribution in [3.63, 3.8) is 0 Å². The number of nitrogens with zero attached hydrogens (tertiary/aromatic N) is 2. The third kappa shape index (κ3) is 3.22. The van der Waals surface area contributed by atoms with Crippen LogP contribution in [0.5, 0.6) is 11.5 Å². The summed E-state index contributed by atoms with van der Waals surface area (Å²) in [4.78, 5) is 18.4. The van der Waals surface area contributed by atoms with E-state index in [-0.39, 0.29) is 5.91 Å². The summed E-state index contributed by atoms with van der Waals surface area (Å²) in [5.41, 5.74) is 3.29. The van der Waals surface area contributed by atoms with Gasteiger partial charge in [0.2, 0.25) is 0 Å². The summed E-state index contributed by atoms with van der Waals surface area (Å²) in [6.07, 6.45) is 2.16. The topological polar surface area (TPSA) is 51.7 Å². The van der Waals surface area contributed by atoms with Crippen LogP contribution in [0.15, 0.2) is 29.1 Å². The summed E-state index contributed by atoms with van der Waals surface area (Å²) in [7, 11) is 1.58. The summed E-state index contributed by atoms with van der Waals surface area (Å²) in [5.74, 6) is 1.25. The Hall–Kier alpha value is -2.08. The van der Waals surface area contributed by atoms with Gasteiger partial charge >= 0.3 is 0 Å². The van der Waals surface area contributed by atoms with Gasteiger partial charge in [-0.1, -0.05) is 0 Å². The Labute approximate surface area is 133 Å². The lowest BCUT2D eigenvalue weighted by atomic mass is 10.1. The van der Waals surface area contributed by atoms with E-state index in [0.29, 0.717) is 23.7 Å². The van der Waals surface area contributed by atoms with Crippen LogP contribution in [-0.4, -0.2) is 36.0 Å². The number of aromatic nitrogens is 1. The Bertz CT molecular complexity index is 637. The maximum atomic E-state index is 12.4. The Balaban J connectivity index is 1.73. The third-order valence-corrected chi connectivity index (χ3v) is 4.30. The molecule has 3 rings (SSSR count). The highest BCUT2D eigenvalue weighted by Gasteiger charge is 2.20. The van der Waals surface area contributed by atoms with E-state index in [4.69, 9.17) is 9.47 Å². The van der Waals surface area contributed by atoms with Crippen molar-refractivity contribution < 1.29 is 14.3 Å². The molecule has 1 amide bonds. The van der Waals surface area contributed by atoms with Gasteiger partial charge in [0, 0.05) is 24.0 Å². The fraction of sp³-hybridized carbons (Fsp3) is 0.375. The molecule has 6 heteroatoms. The van der Waals surface area contributed by atoms with Crippen LogP contribution in [0.25, 0.3) is 0 Å². The fourth-order valence-electron chi connectivity index (χ4n) is 2.48. The van der Waals surface area contributed by atoms with Gasteiger partial charge in [-0.15, -0.1) is 11.3 Å². The van der Waals surface area contributed by atoms with Crippen molar-refractivity contribution in [2.24, 2.45) is 0 Å². The van der Waals surface area contributed by atoms with Crippen LogP contribution in [-0.2, 0) is 6.61 Å².